The van der Waals surface area contributed by atoms with Gasteiger partial charge in [-0.3, -0.25) is 0 Å². The van der Waals surface area contributed by atoms with Gasteiger partial charge >= 0.3 is 0 Å². The number of rotatable bonds is 11. The number of hydrogen-bond acceptors (Lipinski definition) is 2. The van der Waals surface area contributed by atoms with Crippen LogP contribution in [0.2, 0.25) is 0 Å². The first-order chi connectivity index (χ1) is 8.93. The number of alkyl halides is 2. The SMILES string of the molecule is C#CC(C)(OCCCCBr)C(C)(C)OCCCCBr. The smallest absolute Gasteiger partial charge is 0.153 e. The van der Waals surface area contributed by atoms with E-state index in [1.165, 1.54) is 0 Å². The minimum atomic E-state index is -0.687. The molecule has 4 heteroatoms. The van der Waals surface area contributed by atoms with Crippen LogP contribution in [-0.4, -0.2) is 35.1 Å². The Morgan fingerprint density at radius 2 is 1.37 bits per heavy atom. The fourth-order valence-electron chi connectivity index (χ4n) is 1.52. The first-order valence-corrected chi connectivity index (χ1v) is 9.05. The van der Waals surface area contributed by atoms with Crippen molar-refractivity contribution in [2.45, 2.75) is 57.7 Å². The Kier molecular flexibility index (Phi) is 10.4. The van der Waals surface area contributed by atoms with Crippen molar-refractivity contribution in [3.8, 4) is 12.3 Å². The highest BCUT2D eigenvalue weighted by Crippen LogP contribution is 2.29. The number of halogens is 2. The molecule has 0 saturated carbocycles. The van der Waals surface area contributed by atoms with E-state index in [-0.39, 0.29) is 0 Å². The average Bonchev–Trinajstić information content (AvgIpc) is 2.39. The molecule has 0 rings (SSSR count). The Bertz CT molecular complexity index is 274. The highest BCUT2D eigenvalue weighted by molar-refractivity contribution is 9.09. The summed E-state index contributed by atoms with van der Waals surface area (Å²) in [4.78, 5) is 0. The molecule has 0 aromatic heterocycles. The summed E-state index contributed by atoms with van der Waals surface area (Å²) in [6.07, 6.45) is 9.89. The second kappa shape index (κ2) is 10.2. The second-order valence-electron chi connectivity index (χ2n) is 5.18. The predicted octanol–water partition coefficient (Wildman–Crippen LogP) is 4.54. The van der Waals surface area contributed by atoms with Crippen molar-refractivity contribution >= 4 is 31.9 Å². The molecule has 0 bridgehead atoms. The molecule has 0 aliphatic carbocycles. The van der Waals surface area contributed by atoms with Gasteiger partial charge in [0.15, 0.2) is 5.60 Å². The lowest BCUT2D eigenvalue weighted by molar-refractivity contribution is -0.156. The third-order valence-corrected chi connectivity index (χ3v) is 4.46. The van der Waals surface area contributed by atoms with Gasteiger partial charge in [0.2, 0.25) is 0 Å². The van der Waals surface area contributed by atoms with Crippen molar-refractivity contribution < 1.29 is 9.47 Å². The van der Waals surface area contributed by atoms with Gasteiger partial charge in [-0.1, -0.05) is 37.8 Å². The maximum Gasteiger partial charge on any atom is 0.153 e. The molecule has 0 aliphatic rings. The Morgan fingerprint density at radius 1 is 0.895 bits per heavy atom. The summed E-state index contributed by atoms with van der Waals surface area (Å²) in [6, 6.07) is 0. The van der Waals surface area contributed by atoms with Gasteiger partial charge in [-0.05, 0) is 46.5 Å². The Morgan fingerprint density at radius 3 is 1.79 bits per heavy atom. The minimum Gasteiger partial charge on any atom is -0.372 e. The lowest BCUT2D eigenvalue weighted by atomic mass is 9.87. The van der Waals surface area contributed by atoms with Gasteiger partial charge in [-0.15, -0.1) is 6.42 Å². The van der Waals surface area contributed by atoms with E-state index >= 15 is 0 Å². The third-order valence-electron chi connectivity index (χ3n) is 3.33. The van der Waals surface area contributed by atoms with Crippen LogP contribution >= 0.6 is 31.9 Å². The lowest BCUT2D eigenvalue weighted by Crippen LogP contribution is -2.51. The first-order valence-electron chi connectivity index (χ1n) is 6.81. The molecule has 0 radical (unpaired) electrons. The van der Waals surface area contributed by atoms with Crippen LogP contribution in [0.3, 0.4) is 0 Å². The largest absolute Gasteiger partial charge is 0.372 e. The fraction of sp³-hybridized carbons (Fsp3) is 0.867. The highest BCUT2D eigenvalue weighted by Gasteiger charge is 2.41. The highest BCUT2D eigenvalue weighted by atomic mass is 79.9. The van der Waals surface area contributed by atoms with Gasteiger partial charge in [0, 0.05) is 23.9 Å². The molecular formula is C15H26Br2O2. The molecule has 0 fully saturated rings. The van der Waals surface area contributed by atoms with Gasteiger partial charge in [0.05, 0.1) is 0 Å². The summed E-state index contributed by atoms with van der Waals surface area (Å²) in [7, 11) is 0. The predicted molar refractivity (Wildman–Crippen MR) is 89.3 cm³/mol. The molecule has 0 N–H and O–H groups in total. The Labute approximate surface area is 135 Å². The fourth-order valence-corrected chi connectivity index (χ4v) is 2.32. The van der Waals surface area contributed by atoms with Crippen molar-refractivity contribution in [1.29, 1.82) is 0 Å². The summed E-state index contributed by atoms with van der Waals surface area (Å²) in [6.45, 7) is 7.32. The number of ether oxygens (including phenoxy) is 2. The van der Waals surface area contributed by atoms with Crippen LogP contribution in [0.5, 0.6) is 0 Å². The van der Waals surface area contributed by atoms with Crippen molar-refractivity contribution in [3.05, 3.63) is 0 Å². The summed E-state index contributed by atoms with van der Waals surface area (Å²) in [5.74, 6) is 2.77. The van der Waals surface area contributed by atoms with E-state index in [4.69, 9.17) is 15.9 Å². The molecule has 0 spiro atoms. The van der Waals surface area contributed by atoms with Gasteiger partial charge in [-0.2, -0.15) is 0 Å². The summed E-state index contributed by atoms with van der Waals surface area (Å²) in [5.41, 5.74) is -1.17. The zero-order chi connectivity index (χ0) is 14.8. The molecule has 0 aromatic carbocycles. The van der Waals surface area contributed by atoms with E-state index in [2.05, 4.69) is 37.8 Å². The second-order valence-corrected chi connectivity index (χ2v) is 6.76. The molecule has 2 nitrogen and oxygen atoms in total. The van der Waals surface area contributed by atoms with E-state index in [9.17, 15) is 0 Å². The molecular weight excluding hydrogens is 372 g/mol. The monoisotopic (exact) mass is 396 g/mol. The van der Waals surface area contributed by atoms with Crippen molar-refractivity contribution in [2.75, 3.05) is 23.9 Å². The van der Waals surface area contributed by atoms with E-state index in [1.807, 2.05) is 20.8 Å². The van der Waals surface area contributed by atoms with Gasteiger partial charge in [0.1, 0.15) is 5.60 Å². The number of hydrogen-bond donors (Lipinski definition) is 0. The Balaban J connectivity index is 4.31. The van der Waals surface area contributed by atoms with Crippen LogP contribution in [0, 0.1) is 12.3 Å². The van der Waals surface area contributed by atoms with Crippen LogP contribution in [-0.2, 0) is 9.47 Å². The average molecular weight is 398 g/mol. The maximum atomic E-state index is 5.95. The number of unbranched alkanes of at least 4 members (excludes halogenated alkanes) is 2. The minimum absolute atomic E-state index is 0.484. The molecule has 1 atom stereocenters. The van der Waals surface area contributed by atoms with Crippen LogP contribution in [0.25, 0.3) is 0 Å². The van der Waals surface area contributed by atoms with Crippen LogP contribution in [0.4, 0.5) is 0 Å². The normalized spacial score (nSPS) is 14.9. The first kappa shape index (κ1) is 19.4. The molecule has 19 heavy (non-hydrogen) atoms. The summed E-state index contributed by atoms with van der Waals surface area (Å²) < 4.78 is 11.9. The van der Waals surface area contributed by atoms with E-state index in [1.54, 1.807) is 0 Å². The van der Waals surface area contributed by atoms with Crippen molar-refractivity contribution in [2.24, 2.45) is 0 Å². The summed E-state index contributed by atoms with van der Waals surface area (Å²) in [5, 5.41) is 2.00. The molecule has 0 amide bonds. The standard InChI is InChI=1S/C15H26Br2O2/c1-5-15(4,19-13-9-7-11-17)14(2,3)18-12-8-6-10-16/h1H,6-13H2,2-4H3. The molecule has 0 aromatic rings. The van der Waals surface area contributed by atoms with E-state index in [0.29, 0.717) is 13.2 Å². The van der Waals surface area contributed by atoms with Crippen molar-refractivity contribution in [3.63, 3.8) is 0 Å². The molecule has 112 valence electrons. The molecule has 1 unspecified atom stereocenters. The van der Waals surface area contributed by atoms with E-state index in [0.717, 1.165) is 36.3 Å². The van der Waals surface area contributed by atoms with Crippen LogP contribution < -0.4 is 0 Å². The maximum absolute atomic E-state index is 5.95. The van der Waals surface area contributed by atoms with Gasteiger partial charge in [-0.25, -0.2) is 0 Å². The number of terminal acetylenes is 1. The molecule has 0 heterocycles. The van der Waals surface area contributed by atoms with Crippen LogP contribution in [0.1, 0.15) is 46.5 Å². The summed E-state index contributed by atoms with van der Waals surface area (Å²) >= 11 is 6.83. The quantitative estimate of drug-likeness (QED) is 0.289. The van der Waals surface area contributed by atoms with Crippen molar-refractivity contribution in [1.82, 2.24) is 0 Å². The van der Waals surface area contributed by atoms with Gasteiger partial charge in [0.25, 0.3) is 0 Å². The zero-order valence-corrected chi connectivity index (χ0v) is 15.5. The Hall–Kier alpha value is 0.440. The lowest BCUT2D eigenvalue weighted by Gasteiger charge is -2.40. The van der Waals surface area contributed by atoms with E-state index < -0.39 is 11.2 Å². The molecule has 0 saturated heterocycles. The zero-order valence-electron chi connectivity index (χ0n) is 12.3. The molecule has 0 aliphatic heterocycles. The van der Waals surface area contributed by atoms with Gasteiger partial charge < -0.3 is 9.47 Å². The topological polar surface area (TPSA) is 18.5 Å². The third kappa shape index (κ3) is 7.13. The van der Waals surface area contributed by atoms with Crippen LogP contribution in [0.15, 0.2) is 0 Å².